The topological polar surface area (TPSA) is 64.0 Å². The maximum absolute atomic E-state index is 13.5. The van der Waals surface area contributed by atoms with E-state index in [0.29, 0.717) is 17.5 Å². The molecule has 3 aromatic rings. The van der Waals surface area contributed by atoms with Crippen molar-refractivity contribution in [2.24, 2.45) is 7.05 Å². The third-order valence-corrected chi connectivity index (χ3v) is 5.50. The molecule has 0 fully saturated rings. The number of rotatable bonds is 5. The van der Waals surface area contributed by atoms with Gasteiger partial charge < -0.3 is 4.57 Å². The molecule has 0 aliphatic rings. The molecule has 5 nitrogen and oxygen atoms in total. The number of alkyl halides is 3. The number of nitrogens with zero attached hydrogens (tertiary/aromatic N) is 2. The Morgan fingerprint density at radius 3 is 2.36 bits per heavy atom. The van der Waals surface area contributed by atoms with Crippen molar-refractivity contribution in [3.05, 3.63) is 83.7 Å². The minimum Gasteiger partial charge on any atom is -0.336 e. The molecule has 2 aromatic carbocycles. The number of aryl methyl sites for hydroxylation is 1. The summed E-state index contributed by atoms with van der Waals surface area (Å²) in [5.74, 6) is -1.21. The van der Waals surface area contributed by atoms with Crippen LogP contribution < -0.4 is 4.72 Å². The number of aromatic nitrogens is 2. The van der Waals surface area contributed by atoms with Crippen LogP contribution in [0.2, 0.25) is 0 Å². The van der Waals surface area contributed by atoms with Crippen molar-refractivity contribution in [2.75, 3.05) is 0 Å². The Bertz CT molecular complexity index is 1080. The number of nitrogens with one attached hydrogen (secondary N) is 1. The molecule has 1 aromatic heterocycles. The lowest BCUT2D eigenvalue weighted by atomic mass is 10.1. The van der Waals surface area contributed by atoms with E-state index in [4.69, 9.17) is 0 Å². The predicted molar refractivity (Wildman–Crippen MR) is 93.2 cm³/mol. The van der Waals surface area contributed by atoms with Crippen molar-refractivity contribution in [3.8, 4) is 0 Å². The molecule has 0 saturated carbocycles. The van der Waals surface area contributed by atoms with E-state index in [0.717, 1.165) is 6.07 Å². The summed E-state index contributed by atoms with van der Waals surface area (Å²) >= 11 is 0. The third kappa shape index (κ3) is 4.07. The van der Waals surface area contributed by atoms with E-state index in [1.165, 1.54) is 6.20 Å². The summed E-state index contributed by atoms with van der Waals surface area (Å²) in [6.07, 6.45) is -1.94. The summed E-state index contributed by atoms with van der Waals surface area (Å²) in [6, 6.07) is 9.04. The van der Waals surface area contributed by atoms with Crippen molar-refractivity contribution in [1.82, 2.24) is 14.3 Å². The molecule has 0 saturated heterocycles. The Labute approximate surface area is 158 Å². The molecule has 28 heavy (non-hydrogen) atoms. The smallest absolute Gasteiger partial charge is 0.336 e. The molecule has 10 heteroatoms. The molecule has 148 valence electrons. The molecule has 0 amide bonds. The number of imidazole rings is 1. The van der Waals surface area contributed by atoms with Crippen LogP contribution in [-0.4, -0.2) is 18.0 Å². The Hall–Kier alpha value is -2.72. The van der Waals surface area contributed by atoms with E-state index in [9.17, 15) is 26.0 Å². The number of sulfonamides is 1. The number of hydrogen-bond donors (Lipinski definition) is 1. The standard InChI is InChI=1S/C18H15F4N3O2S/c1-25-10-9-23-17(25)16(12-5-3-2-4-6-12)24-28(26,27)13-7-8-15(19)14(11-13)18(20,21)22/h2-11,16,24H,1H3. The fourth-order valence-electron chi connectivity index (χ4n) is 2.68. The van der Waals surface area contributed by atoms with E-state index in [1.807, 2.05) is 0 Å². The molecule has 0 bridgehead atoms. The average molecular weight is 413 g/mol. The maximum atomic E-state index is 13.5. The van der Waals surface area contributed by atoms with E-state index in [2.05, 4.69) is 9.71 Å². The summed E-state index contributed by atoms with van der Waals surface area (Å²) in [7, 11) is -2.76. The molecule has 0 aliphatic carbocycles. The Morgan fingerprint density at radius 1 is 1.11 bits per heavy atom. The van der Waals surface area contributed by atoms with Crippen LogP contribution in [0.1, 0.15) is 23.0 Å². The monoisotopic (exact) mass is 413 g/mol. The van der Waals surface area contributed by atoms with Crippen molar-refractivity contribution >= 4 is 10.0 Å². The zero-order valence-corrected chi connectivity index (χ0v) is 15.3. The second kappa shape index (κ2) is 7.36. The fourth-order valence-corrected chi connectivity index (χ4v) is 3.89. The summed E-state index contributed by atoms with van der Waals surface area (Å²) in [4.78, 5) is 3.44. The molecule has 0 radical (unpaired) electrons. The molecule has 0 aliphatic heterocycles. The highest BCUT2D eigenvalue weighted by molar-refractivity contribution is 7.89. The van der Waals surface area contributed by atoms with Crippen LogP contribution in [0, 0.1) is 5.82 Å². The van der Waals surface area contributed by atoms with Crippen LogP contribution >= 0.6 is 0 Å². The van der Waals surface area contributed by atoms with Crippen molar-refractivity contribution in [3.63, 3.8) is 0 Å². The van der Waals surface area contributed by atoms with Gasteiger partial charge in [0.15, 0.2) is 0 Å². The van der Waals surface area contributed by atoms with Gasteiger partial charge in [0.2, 0.25) is 10.0 Å². The molecule has 1 unspecified atom stereocenters. The van der Waals surface area contributed by atoms with Crippen LogP contribution in [0.3, 0.4) is 0 Å². The highest BCUT2D eigenvalue weighted by Crippen LogP contribution is 2.33. The Balaban J connectivity index is 2.05. The minimum absolute atomic E-state index is 0.276. The number of benzene rings is 2. The third-order valence-electron chi connectivity index (χ3n) is 4.08. The van der Waals surface area contributed by atoms with Gasteiger partial charge in [-0.2, -0.15) is 17.9 Å². The highest BCUT2D eigenvalue weighted by atomic mass is 32.2. The van der Waals surface area contributed by atoms with Gasteiger partial charge in [0.1, 0.15) is 17.7 Å². The second-order valence-electron chi connectivity index (χ2n) is 6.00. The van der Waals surface area contributed by atoms with Gasteiger partial charge in [-0.15, -0.1) is 0 Å². The van der Waals surface area contributed by atoms with Gasteiger partial charge >= 0.3 is 6.18 Å². The van der Waals surface area contributed by atoms with Gasteiger partial charge in [-0.1, -0.05) is 30.3 Å². The number of hydrogen-bond acceptors (Lipinski definition) is 3. The first-order valence-corrected chi connectivity index (χ1v) is 9.49. The molecule has 1 atom stereocenters. The van der Waals surface area contributed by atoms with Gasteiger partial charge in [0, 0.05) is 19.4 Å². The van der Waals surface area contributed by atoms with Crippen molar-refractivity contribution < 1.29 is 26.0 Å². The zero-order valence-electron chi connectivity index (χ0n) is 14.5. The lowest BCUT2D eigenvalue weighted by Crippen LogP contribution is -2.31. The summed E-state index contributed by atoms with van der Waals surface area (Å²) in [5.41, 5.74) is -1.11. The lowest BCUT2D eigenvalue weighted by molar-refractivity contribution is -0.140. The highest BCUT2D eigenvalue weighted by Gasteiger charge is 2.36. The predicted octanol–water partition coefficient (Wildman–Crippen LogP) is 3.65. The van der Waals surface area contributed by atoms with E-state index < -0.39 is 38.5 Å². The van der Waals surface area contributed by atoms with E-state index in [-0.39, 0.29) is 6.07 Å². The SMILES string of the molecule is Cn1ccnc1C(NS(=O)(=O)c1ccc(F)c(C(F)(F)F)c1)c1ccccc1. The second-order valence-corrected chi connectivity index (χ2v) is 7.71. The summed E-state index contributed by atoms with van der Waals surface area (Å²) in [6.45, 7) is 0. The zero-order chi connectivity index (χ0) is 20.5. The van der Waals surface area contributed by atoms with Gasteiger partial charge in [-0.25, -0.2) is 17.8 Å². The van der Waals surface area contributed by atoms with Crippen LogP contribution in [0.25, 0.3) is 0 Å². The van der Waals surface area contributed by atoms with Gasteiger partial charge in [0.05, 0.1) is 10.5 Å². The fraction of sp³-hybridized carbons (Fsp3) is 0.167. The van der Waals surface area contributed by atoms with E-state index in [1.54, 1.807) is 48.1 Å². The van der Waals surface area contributed by atoms with Crippen LogP contribution in [-0.2, 0) is 23.2 Å². The van der Waals surface area contributed by atoms with E-state index >= 15 is 0 Å². The van der Waals surface area contributed by atoms with Crippen LogP contribution in [0.5, 0.6) is 0 Å². The molecular weight excluding hydrogens is 398 g/mol. The van der Waals surface area contributed by atoms with Crippen molar-refractivity contribution in [1.29, 1.82) is 0 Å². The van der Waals surface area contributed by atoms with Crippen LogP contribution in [0.4, 0.5) is 17.6 Å². The first-order chi connectivity index (χ1) is 13.1. The number of halogens is 4. The summed E-state index contributed by atoms with van der Waals surface area (Å²) < 4.78 is 81.9. The molecule has 0 spiro atoms. The normalized spacial score (nSPS) is 13.5. The Morgan fingerprint density at radius 2 is 1.79 bits per heavy atom. The average Bonchev–Trinajstić information content (AvgIpc) is 3.05. The minimum atomic E-state index is -5.02. The van der Waals surface area contributed by atoms with Crippen LogP contribution in [0.15, 0.2) is 65.8 Å². The molecule has 1 heterocycles. The first-order valence-electron chi connectivity index (χ1n) is 8.01. The maximum Gasteiger partial charge on any atom is 0.419 e. The van der Waals surface area contributed by atoms with Crippen molar-refractivity contribution in [2.45, 2.75) is 17.1 Å². The molecule has 1 N–H and O–H groups in total. The first kappa shape index (κ1) is 20.0. The lowest BCUT2D eigenvalue weighted by Gasteiger charge is -2.19. The molecule has 3 rings (SSSR count). The van der Waals surface area contributed by atoms with Gasteiger partial charge in [0.25, 0.3) is 0 Å². The molecular formula is C18H15F4N3O2S. The largest absolute Gasteiger partial charge is 0.419 e. The quantitative estimate of drug-likeness (QED) is 0.650. The summed E-state index contributed by atoms with van der Waals surface area (Å²) in [5, 5.41) is 0. The van der Waals surface area contributed by atoms with Gasteiger partial charge in [-0.05, 0) is 23.8 Å². The van der Waals surface area contributed by atoms with Gasteiger partial charge in [-0.3, -0.25) is 0 Å². The Kier molecular flexibility index (Phi) is 5.26.